The van der Waals surface area contributed by atoms with Crippen molar-refractivity contribution in [3.05, 3.63) is 64.1 Å². The van der Waals surface area contributed by atoms with Crippen LogP contribution in [-0.4, -0.2) is 52.2 Å². The number of carbonyl (C=O) groups is 1. The minimum Gasteiger partial charge on any atom is -0.490 e. The number of nitrogens with zero attached hydrogens (tertiary/aromatic N) is 4. The smallest absolute Gasteiger partial charge is 0.419 e. The molecular formula is C24H20F3N5O4S. The Bertz CT molecular complexity index is 1500. The molecule has 1 aromatic carbocycles. The van der Waals surface area contributed by atoms with Gasteiger partial charge in [0, 0.05) is 32.1 Å². The molecule has 1 fully saturated rings. The van der Waals surface area contributed by atoms with Crippen molar-refractivity contribution in [3.8, 4) is 17.3 Å². The molecule has 192 valence electrons. The van der Waals surface area contributed by atoms with Crippen LogP contribution in [0.15, 0.2) is 47.4 Å². The molecule has 5 rings (SSSR count). The fourth-order valence-corrected chi connectivity index (χ4v) is 4.95. The number of piperidine rings is 1. The molecule has 1 N–H and O–H groups in total. The van der Waals surface area contributed by atoms with E-state index in [1.54, 1.807) is 6.07 Å². The first-order valence-electron chi connectivity index (χ1n) is 11.3. The number of esters is 1. The van der Waals surface area contributed by atoms with Gasteiger partial charge < -0.3 is 19.4 Å². The third-order valence-electron chi connectivity index (χ3n) is 5.88. The summed E-state index contributed by atoms with van der Waals surface area (Å²) in [5, 5.41) is 0.591. The number of anilines is 1. The highest BCUT2D eigenvalue weighted by atomic mass is 32.1. The summed E-state index contributed by atoms with van der Waals surface area (Å²) in [6.07, 6.45) is -2.55. The first-order chi connectivity index (χ1) is 17.7. The van der Waals surface area contributed by atoms with Gasteiger partial charge in [0.05, 0.1) is 18.2 Å². The van der Waals surface area contributed by atoms with Crippen molar-refractivity contribution in [2.24, 2.45) is 0 Å². The molecule has 0 spiro atoms. The minimum atomic E-state index is -4.49. The van der Waals surface area contributed by atoms with E-state index in [0.717, 1.165) is 6.07 Å². The van der Waals surface area contributed by atoms with E-state index < -0.39 is 17.7 Å². The largest absolute Gasteiger partial charge is 0.490 e. The van der Waals surface area contributed by atoms with Crippen molar-refractivity contribution >= 4 is 32.8 Å². The number of H-pyrrole nitrogens is 1. The Balaban J connectivity index is 1.30. The molecule has 0 atom stereocenters. The van der Waals surface area contributed by atoms with Crippen molar-refractivity contribution in [2.75, 3.05) is 25.1 Å². The van der Waals surface area contributed by atoms with Crippen LogP contribution < -0.4 is 15.2 Å². The zero-order valence-corrected chi connectivity index (χ0v) is 20.2. The number of thiazole rings is 1. The van der Waals surface area contributed by atoms with Gasteiger partial charge >= 0.3 is 12.1 Å². The second-order valence-electron chi connectivity index (χ2n) is 8.29. The first-order valence-corrected chi connectivity index (χ1v) is 12.1. The molecule has 1 aliphatic heterocycles. The number of pyridine rings is 1. The molecular weight excluding hydrogens is 511 g/mol. The van der Waals surface area contributed by atoms with Crippen LogP contribution >= 0.6 is 11.3 Å². The normalized spacial score (nSPS) is 14.6. The summed E-state index contributed by atoms with van der Waals surface area (Å²) in [4.78, 5) is 42.1. The second kappa shape index (κ2) is 9.81. The summed E-state index contributed by atoms with van der Waals surface area (Å²) >= 11 is 1.19. The maximum atomic E-state index is 13.3. The molecule has 4 aromatic rings. The van der Waals surface area contributed by atoms with E-state index in [0.29, 0.717) is 41.5 Å². The predicted octanol–water partition coefficient (Wildman–Crippen LogP) is 4.29. The zero-order valence-electron chi connectivity index (χ0n) is 19.4. The molecule has 9 nitrogen and oxygen atoms in total. The van der Waals surface area contributed by atoms with Crippen LogP contribution in [0.4, 0.5) is 18.3 Å². The fraction of sp³-hybridized carbons (Fsp3) is 0.292. The Kier molecular flexibility index (Phi) is 6.54. The number of aromatic amines is 1. The number of hydrogen-bond donors (Lipinski definition) is 1. The average Bonchev–Trinajstić information content (AvgIpc) is 3.33. The molecule has 4 heterocycles. The maximum Gasteiger partial charge on any atom is 0.419 e. The maximum absolute atomic E-state index is 13.3. The fourth-order valence-electron chi connectivity index (χ4n) is 4.00. The number of ether oxygens (including phenoxy) is 2. The second-order valence-corrected chi connectivity index (χ2v) is 9.26. The molecule has 0 saturated carbocycles. The van der Waals surface area contributed by atoms with Gasteiger partial charge in [-0.1, -0.05) is 23.5 Å². The number of alkyl halides is 3. The summed E-state index contributed by atoms with van der Waals surface area (Å²) in [6.45, 7) is 1.000. The van der Waals surface area contributed by atoms with Crippen molar-refractivity contribution in [2.45, 2.75) is 25.1 Å². The number of aromatic nitrogens is 4. The Morgan fingerprint density at radius 2 is 1.89 bits per heavy atom. The highest BCUT2D eigenvalue weighted by Gasteiger charge is 2.35. The van der Waals surface area contributed by atoms with Gasteiger partial charge in [0.1, 0.15) is 22.2 Å². The zero-order chi connectivity index (χ0) is 26.2. The molecule has 0 unspecified atom stereocenters. The van der Waals surface area contributed by atoms with Crippen molar-refractivity contribution in [3.63, 3.8) is 0 Å². The molecule has 37 heavy (non-hydrogen) atoms. The van der Waals surface area contributed by atoms with E-state index in [4.69, 9.17) is 4.74 Å². The highest BCUT2D eigenvalue weighted by Crippen LogP contribution is 2.37. The lowest BCUT2D eigenvalue weighted by atomic mass is 10.1. The molecule has 3 aromatic heterocycles. The third-order valence-corrected chi connectivity index (χ3v) is 6.98. The van der Waals surface area contributed by atoms with Gasteiger partial charge in [-0.15, -0.1) is 0 Å². The lowest BCUT2D eigenvalue weighted by molar-refractivity contribution is -0.139. The number of methoxy groups -OCH3 is 1. The van der Waals surface area contributed by atoms with Gasteiger partial charge in [-0.05, 0) is 24.3 Å². The van der Waals surface area contributed by atoms with Crippen LogP contribution in [0.5, 0.6) is 5.75 Å². The summed E-state index contributed by atoms with van der Waals surface area (Å²) < 4.78 is 50.5. The average molecular weight is 532 g/mol. The van der Waals surface area contributed by atoms with Crippen molar-refractivity contribution in [1.29, 1.82) is 0 Å². The van der Waals surface area contributed by atoms with Crippen molar-refractivity contribution in [1.82, 2.24) is 19.9 Å². The summed E-state index contributed by atoms with van der Waals surface area (Å²) in [6, 6.07) is 8.25. The van der Waals surface area contributed by atoms with Crippen LogP contribution in [-0.2, 0) is 10.9 Å². The van der Waals surface area contributed by atoms with Crippen LogP contribution in [0.2, 0.25) is 0 Å². The quantitative estimate of drug-likeness (QED) is 0.380. The molecule has 0 bridgehead atoms. The number of rotatable bonds is 5. The number of hydrogen-bond acceptors (Lipinski definition) is 9. The Morgan fingerprint density at radius 1 is 1.14 bits per heavy atom. The van der Waals surface area contributed by atoms with Gasteiger partial charge in [0.25, 0.3) is 5.56 Å². The van der Waals surface area contributed by atoms with Gasteiger partial charge in [-0.3, -0.25) is 9.78 Å². The topological polar surface area (TPSA) is 110 Å². The summed E-state index contributed by atoms with van der Waals surface area (Å²) in [5.74, 6) is -0.495. The molecule has 0 amide bonds. The summed E-state index contributed by atoms with van der Waals surface area (Å²) in [5.41, 5.74) is -0.281. The number of para-hydroxylation sites is 1. The number of halogens is 3. The van der Waals surface area contributed by atoms with Crippen LogP contribution in [0, 0.1) is 0 Å². The predicted molar refractivity (Wildman–Crippen MR) is 130 cm³/mol. The number of fused-ring (bicyclic) bond motifs is 1. The van der Waals surface area contributed by atoms with E-state index >= 15 is 0 Å². The molecule has 1 saturated heterocycles. The van der Waals surface area contributed by atoms with E-state index in [1.165, 1.54) is 48.9 Å². The Hall–Kier alpha value is -4.00. The van der Waals surface area contributed by atoms with Gasteiger partial charge in [-0.25, -0.2) is 9.78 Å². The molecule has 0 radical (unpaired) electrons. The van der Waals surface area contributed by atoms with E-state index in [1.807, 2.05) is 4.90 Å². The lowest BCUT2D eigenvalue weighted by Crippen LogP contribution is -2.38. The van der Waals surface area contributed by atoms with Crippen molar-refractivity contribution < 1.29 is 27.4 Å². The molecule has 1 aliphatic rings. The van der Waals surface area contributed by atoms with Gasteiger partial charge in [0.15, 0.2) is 16.6 Å². The van der Waals surface area contributed by atoms with E-state index in [-0.39, 0.29) is 34.4 Å². The summed E-state index contributed by atoms with van der Waals surface area (Å²) in [7, 11) is 1.27. The Morgan fingerprint density at radius 3 is 2.57 bits per heavy atom. The van der Waals surface area contributed by atoms with Crippen LogP contribution in [0.1, 0.15) is 28.8 Å². The number of carbonyl (C=O) groups excluding carboxylic acids is 1. The third kappa shape index (κ3) is 5.12. The SMILES string of the molecule is COC(=O)c1ccc(-c2nc3nc(N4CCC(Oc5ccccc5C(F)(F)F)CC4)sc3c(=O)[nH]2)nc1. The standard InChI is InChI=1S/C24H20F3N5O4S/c1-35-22(34)13-6-7-16(28-12-13)19-29-20-18(21(33)30-19)37-23(31-20)32-10-8-14(9-11-32)36-17-5-3-2-4-15(17)24(25,26)27/h2-7,12,14H,8-11H2,1H3,(H,29,30,33). The highest BCUT2D eigenvalue weighted by molar-refractivity contribution is 7.22. The van der Waals surface area contributed by atoms with Crippen LogP contribution in [0.3, 0.4) is 0 Å². The van der Waals surface area contributed by atoms with Gasteiger partial charge in [-0.2, -0.15) is 18.2 Å². The monoisotopic (exact) mass is 531 g/mol. The molecule has 13 heteroatoms. The van der Waals surface area contributed by atoms with Crippen LogP contribution in [0.25, 0.3) is 21.9 Å². The van der Waals surface area contributed by atoms with E-state index in [9.17, 15) is 22.8 Å². The molecule has 0 aliphatic carbocycles. The lowest BCUT2D eigenvalue weighted by Gasteiger charge is -2.32. The van der Waals surface area contributed by atoms with Gasteiger partial charge in [0.2, 0.25) is 0 Å². The number of benzene rings is 1. The first kappa shape index (κ1) is 24.7. The number of nitrogens with one attached hydrogen (secondary N) is 1. The van der Waals surface area contributed by atoms with E-state index in [2.05, 4.69) is 24.7 Å². The minimum absolute atomic E-state index is 0.176. The Labute approximate surface area is 211 Å².